The number of hydrogen-bond donors (Lipinski definition) is 4. The fourth-order valence-electron chi connectivity index (χ4n) is 1.72. The van der Waals surface area contributed by atoms with Gasteiger partial charge in [0.25, 0.3) is 0 Å². The molecule has 5 N–H and O–H groups in total. The smallest absolute Gasteiger partial charge is 0.339 e. The average molecular weight is 255 g/mol. The third kappa shape index (κ3) is 2.98. The first-order chi connectivity index (χ1) is 8.52. The maximum Gasteiger partial charge on any atom is 0.339 e. The van der Waals surface area contributed by atoms with Crippen LogP contribution in [0, 0.1) is 0 Å². The van der Waals surface area contributed by atoms with E-state index in [0.717, 1.165) is 0 Å². The molecule has 0 aromatic heterocycles. The highest BCUT2D eigenvalue weighted by Gasteiger charge is 2.24. The number of rotatable bonds is 6. The summed E-state index contributed by atoms with van der Waals surface area (Å²) in [5.74, 6) is -1.11. The topological polar surface area (TPSA) is 113 Å². The maximum atomic E-state index is 11.0. The molecule has 0 heterocycles. The molecule has 0 bridgehead atoms. The highest BCUT2D eigenvalue weighted by atomic mass is 16.5. The van der Waals surface area contributed by atoms with E-state index in [2.05, 4.69) is 0 Å². The molecule has 0 amide bonds. The van der Waals surface area contributed by atoms with Crippen molar-refractivity contribution in [3.8, 4) is 5.75 Å². The van der Waals surface area contributed by atoms with Crippen LogP contribution < -0.4 is 10.5 Å². The van der Waals surface area contributed by atoms with Gasteiger partial charge in [-0.05, 0) is 19.0 Å². The largest absolute Gasteiger partial charge is 0.495 e. The van der Waals surface area contributed by atoms with Crippen molar-refractivity contribution < 1.29 is 24.9 Å². The van der Waals surface area contributed by atoms with E-state index in [1.54, 1.807) is 0 Å². The Bertz CT molecular complexity index is 421. The van der Waals surface area contributed by atoms with Gasteiger partial charge in [-0.2, -0.15) is 0 Å². The standard InChI is InChI=1S/C12H17NO5/c1-18-11-7(10(15)9(14)5-6-13)3-2-4-8(11)12(16)17/h2-4,9-10,14-15H,5-6,13H2,1H3,(H,16,17). The molecule has 100 valence electrons. The molecular weight excluding hydrogens is 238 g/mol. The summed E-state index contributed by atoms with van der Waals surface area (Å²) in [4.78, 5) is 11.0. The number of benzene rings is 1. The lowest BCUT2D eigenvalue weighted by atomic mass is 9.98. The fourth-order valence-corrected chi connectivity index (χ4v) is 1.72. The molecule has 2 unspecified atom stereocenters. The van der Waals surface area contributed by atoms with E-state index >= 15 is 0 Å². The highest BCUT2D eigenvalue weighted by Crippen LogP contribution is 2.31. The van der Waals surface area contributed by atoms with E-state index in [9.17, 15) is 15.0 Å². The van der Waals surface area contributed by atoms with Crippen LogP contribution in [0.1, 0.15) is 28.4 Å². The Kier molecular flexibility index (Phi) is 5.08. The van der Waals surface area contributed by atoms with Crippen LogP contribution in [-0.4, -0.2) is 41.0 Å². The number of para-hydroxylation sites is 1. The van der Waals surface area contributed by atoms with Gasteiger partial charge in [0.05, 0.1) is 13.2 Å². The lowest BCUT2D eigenvalue weighted by Gasteiger charge is -2.20. The molecule has 0 aliphatic heterocycles. The fraction of sp³-hybridized carbons (Fsp3) is 0.417. The monoisotopic (exact) mass is 255 g/mol. The SMILES string of the molecule is COc1c(C(=O)O)cccc1C(O)C(O)CCN. The van der Waals surface area contributed by atoms with Crippen LogP contribution in [0.25, 0.3) is 0 Å². The summed E-state index contributed by atoms with van der Waals surface area (Å²) in [7, 11) is 1.31. The van der Waals surface area contributed by atoms with Crippen LogP contribution >= 0.6 is 0 Å². The van der Waals surface area contributed by atoms with Crippen LogP contribution in [0.15, 0.2) is 18.2 Å². The lowest BCUT2D eigenvalue weighted by Crippen LogP contribution is -2.22. The molecule has 1 aromatic rings. The Morgan fingerprint density at radius 1 is 1.44 bits per heavy atom. The van der Waals surface area contributed by atoms with Gasteiger partial charge < -0.3 is 25.8 Å². The Hall–Kier alpha value is -1.63. The van der Waals surface area contributed by atoms with Crippen molar-refractivity contribution in [3.05, 3.63) is 29.3 Å². The van der Waals surface area contributed by atoms with Gasteiger partial charge in [-0.3, -0.25) is 0 Å². The molecule has 2 atom stereocenters. The van der Waals surface area contributed by atoms with E-state index in [-0.39, 0.29) is 29.8 Å². The van der Waals surface area contributed by atoms with Crippen molar-refractivity contribution in [2.24, 2.45) is 5.73 Å². The van der Waals surface area contributed by atoms with Gasteiger partial charge in [0, 0.05) is 5.56 Å². The summed E-state index contributed by atoms with van der Waals surface area (Å²) in [6.07, 6.45) is -2.09. The number of carboxylic acid groups (broad SMARTS) is 1. The summed E-state index contributed by atoms with van der Waals surface area (Å²) >= 11 is 0. The minimum Gasteiger partial charge on any atom is -0.495 e. The molecule has 0 aliphatic carbocycles. The Labute approximate surface area is 105 Å². The van der Waals surface area contributed by atoms with Crippen LogP contribution in [0.5, 0.6) is 5.75 Å². The molecule has 0 saturated heterocycles. The summed E-state index contributed by atoms with van der Waals surface area (Å²) in [6, 6.07) is 4.36. The zero-order valence-corrected chi connectivity index (χ0v) is 10.0. The number of hydrogen-bond acceptors (Lipinski definition) is 5. The summed E-state index contributed by atoms with van der Waals surface area (Å²) in [5.41, 5.74) is 5.47. The Morgan fingerprint density at radius 3 is 2.61 bits per heavy atom. The summed E-state index contributed by atoms with van der Waals surface area (Å²) in [6.45, 7) is 0.221. The first-order valence-corrected chi connectivity index (χ1v) is 5.49. The first-order valence-electron chi connectivity index (χ1n) is 5.49. The van der Waals surface area contributed by atoms with E-state index in [0.29, 0.717) is 0 Å². The molecule has 0 aliphatic rings. The molecule has 0 spiro atoms. The van der Waals surface area contributed by atoms with Gasteiger partial charge in [0.2, 0.25) is 0 Å². The van der Waals surface area contributed by atoms with Crippen molar-refractivity contribution in [3.63, 3.8) is 0 Å². The van der Waals surface area contributed by atoms with Crippen LogP contribution in [0.2, 0.25) is 0 Å². The second-order valence-corrected chi connectivity index (χ2v) is 3.82. The molecule has 0 saturated carbocycles. The number of carboxylic acids is 1. The third-order valence-electron chi connectivity index (χ3n) is 2.63. The number of nitrogens with two attached hydrogens (primary N) is 1. The number of aromatic carboxylic acids is 1. The quantitative estimate of drug-likeness (QED) is 0.575. The Morgan fingerprint density at radius 2 is 2.11 bits per heavy atom. The third-order valence-corrected chi connectivity index (χ3v) is 2.63. The molecule has 18 heavy (non-hydrogen) atoms. The van der Waals surface area contributed by atoms with Crippen molar-refractivity contribution in [1.82, 2.24) is 0 Å². The highest BCUT2D eigenvalue weighted by molar-refractivity contribution is 5.91. The lowest BCUT2D eigenvalue weighted by molar-refractivity contribution is 0.0136. The number of ether oxygens (including phenoxy) is 1. The van der Waals surface area contributed by atoms with E-state index in [4.69, 9.17) is 15.6 Å². The summed E-state index contributed by atoms with van der Waals surface area (Å²) < 4.78 is 5.00. The van der Waals surface area contributed by atoms with Crippen molar-refractivity contribution in [2.75, 3.05) is 13.7 Å². The minimum atomic E-state index is -1.23. The molecular formula is C12H17NO5. The number of carbonyl (C=O) groups is 1. The number of aliphatic hydroxyl groups excluding tert-OH is 2. The van der Waals surface area contributed by atoms with E-state index in [1.807, 2.05) is 0 Å². The van der Waals surface area contributed by atoms with Crippen LogP contribution in [0.4, 0.5) is 0 Å². The van der Waals surface area contributed by atoms with Gasteiger partial charge in [0.1, 0.15) is 17.4 Å². The predicted octanol–water partition coefficient (Wildman–Crippen LogP) is 0.136. The minimum absolute atomic E-state index is 0.0496. The second kappa shape index (κ2) is 6.34. The second-order valence-electron chi connectivity index (χ2n) is 3.82. The molecule has 6 nitrogen and oxygen atoms in total. The number of aliphatic hydroxyl groups is 2. The average Bonchev–Trinajstić information content (AvgIpc) is 2.36. The molecule has 6 heteroatoms. The van der Waals surface area contributed by atoms with Gasteiger partial charge in [0.15, 0.2) is 0 Å². The Balaban J connectivity index is 3.15. The van der Waals surface area contributed by atoms with Gasteiger partial charge in [-0.25, -0.2) is 4.79 Å². The normalized spacial score (nSPS) is 14.0. The van der Waals surface area contributed by atoms with Gasteiger partial charge >= 0.3 is 5.97 Å². The molecule has 1 aromatic carbocycles. The van der Waals surface area contributed by atoms with Crippen LogP contribution in [0.3, 0.4) is 0 Å². The maximum absolute atomic E-state index is 11.0. The predicted molar refractivity (Wildman–Crippen MR) is 64.6 cm³/mol. The van der Waals surface area contributed by atoms with Gasteiger partial charge in [-0.1, -0.05) is 12.1 Å². The van der Waals surface area contributed by atoms with Crippen molar-refractivity contribution in [1.29, 1.82) is 0 Å². The zero-order chi connectivity index (χ0) is 13.7. The zero-order valence-electron chi connectivity index (χ0n) is 10.0. The first kappa shape index (κ1) is 14.4. The van der Waals surface area contributed by atoms with Gasteiger partial charge in [-0.15, -0.1) is 0 Å². The number of methoxy groups -OCH3 is 1. The molecule has 0 radical (unpaired) electrons. The molecule has 1 rings (SSSR count). The molecule has 0 fully saturated rings. The van der Waals surface area contributed by atoms with Crippen molar-refractivity contribution in [2.45, 2.75) is 18.6 Å². The van der Waals surface area contributed by atoms with Crippen LogP contribution in [-0.2, 0) is 0 Å². The summed E-state index contributed by atoms with van der Waals surface area (Å²) in [5, 5.41) is 28.6. The van der Waals surface area contributed by atoms with Crippen molar-refractivity contribution >= 4 is 5.97 Å². The van der Waals surface area contributed by atoms with E-state index < -0.39 is 18.2 Å². The van der Waals surface area contributed by atoms with E-state index in [1.165, 1.54) is 25.3 Å².